The molecule has 0 radical (unpaired) electrons. The highest BCUT2D eigenvalue weighted by atomic mass is 31.1. The molecule has 0 spiro atoms. The number of allylic oxidation sites excluding steroid dienone is 1. The second-order valence-corrected chi connectivity index (χ2v) is 4.64. The molecule has 2 aromatic rings. The molecule has 0 fully saturated rings. The number of rotatable bonds is 2. The Hall–Kier alpha value is -1.53. The van der Waals surface area contributed by atoms with Gasteiger partial charge in [-0.25, -0.2) is 0 Å². The van der Waals surface area contributed by atoms with Crippen molar-refractivity contribution in [1.29, 1.82) is 0 Å². The molecule has 2 aromatic carbocycles. The molecule has 0 aromatic heterocycles. The third kappa shape index (κ3) is 1.89. The Morgan fingerprint density at radius 3 is 2.50 bits per heavy atom. The summed E-state index contributed by atoms with van der Waals surface area (Å²) in [7, 11) is 0.372. The van der Waals surface area contributed by atoms with Gasteiger partial charge in [-0.05, 0) is 13.0 Å². The van der Waals surface area contributed by atoms with Gasteiger partial charge in [-0.3, -0.25) is 0 Å². The fourth-order valence-corrected chi connectivity index (χ4v) is 2.46. The Morgan fingerprint density at radius 2 is 1.81 bits per heavy atom. The van der Waals surface area contributed by atoms with Gasteiger partial charge in [0.05, 0.1) is 0 Å². The maximum atomic E-state index is 10.1. The first-order chi connectivity index (χ1) is 7.74. The number of fused-ring (bicyclic) bond motifs is 1. The summed E-state index contributed by atoms with van der Waals surface area (Å²) in [4.78, 5) is 0. The van der Waals surface area contributed by atoms with Crippen LogP contribution in [0.2, 0.25) is 0 Å². The highest BCUT2D eigenvalue weighted by Gasteiger charge is 2.09. The van der Waals surface area contributed by atoms with Gasteiger partial charge in [-0.2, -0.15) is 0 Å². The Morgan fingerprint density at radius 1 is 1.12 bits per heavy atom. The first kappa shape index (κ1) is 11.0. The average molecular weight is 232 g/mol. The number of hydrogen-bond acceptors (Lipinski definition) is 2. The van der Waals surface area contributed by atoms with E-state index in [0.29, 0.717) is 19.4 Å². The van der Waals surface area contributed by atoms with Crippen molar-refractivity contribution >= 4 is 24.7 Å². The minimum absolute atomic E-state index is 0.223. The minimum atomic E-state index is 0.223. The van der Waals surface area contributed by atoms with Gasteiger partial charge in [0.25, 0.3) is 0 Å². The Labute approximate surface area is 96.0 Å². The van der Waals surface area contributed by atoms with E-state index < -0.39 is 0 Å². The minimum Gasteiger partial charge on any atom is -0.507 e. The van der Waals surface area contributed by atoms with Gasteiger partial charge < -0.3 is 10.2 Å². The Kier molecular flexibility index (Phi) is 3.12. The molecule has 1 atom stereocenters. The zero-order valence-electron chi connectivity index (χ0n) is 8.94. The average Bonchev–Trinajstić information content (AvgIpc) is 2.32. The van der Waals surface area contributed by atoms with Crippen LogP contribution in [-0.4, -0.2) is 10.2 Å². The second kappa shape index (κ2) is 4.54. The van der Waals surface area contributed by atoms with Crippen LogP contribution in [0.1, 0.15) is 6.92 Å². The van der Waals surface area contributed by atoms with Gasteiger partial charge >= 0.3 is 0 Å². The molecule has 0 saturated carbocycles. The lowest BCUT2D eigenvalue weighted by molar-refractivity contribution is 0.473. The van der Waals surface area contributed by atoms with Crippen LogP contribution in [0, 0.1) is 0 Å². The normalized spacial score (nSPS) is 12.1. The monoisotopic (exact) mass is 232 g/mol. The van der Waals surface area contributed by atoms with Crippen LogP contribution in [0.25, 0.3) is 10.8 Å². The highest BCUT2D eigenvalue weighted by molar-refractivity contribution is 7.50. The molecular formula is C13H13O2P. The van der Waals surface area contributed by atoms with Gasteiger partial charge in [-0.15, -0.1) is 0 Å². The predicted octanol–water partition coefficient (Wildman–Crippen LogP) is 3.09. The number of aromatic hydroxyl groups is 2. The first-order valence-corrected chi connectivity index (χ1v) is 6.13. The van der Waals surface area contributed by atoms with Gasteiger partial charge in [0, 0.05) is 16.1 Å². The third-order valence-electron chi connectivity index (χ3n) is 2.40. The fraction of sp³-hybridized carbons (Fsp3) is 0.0769. The second-order valence-electron chi connectivity index (χ2n) is 3.48. The molecule has 0 heterocycles. The van der Waals surface area contributed by atoms with Gasteiger partial charge in [0.2, 0.25) is 0 Å². The summed E-state index contributed by atoms with van der Waals surface area (Å²) in [6.07, 6.45) is 1.93. The summed E-state index contributed by atoms with van der Waals surface area (Å²) in [6, 6.07) is 8.94. The van der Waals surface area contributed by atoms with Crippen molar-refractivity contribution in [1.82, 2.24) is 0 Å². The van der Waals surface area contributed by atoms with Crippen LogP contribution < -0.4 is 5.30 Å². The number of phenolic OH excluding ortho intramolecular Hbond substituents is 2. The summed E-state index contributed by atoms with van der Waals surface area (Å²) in [6.45, 7) is 1.94. The van der Waals surface area contributed by atoms with Crippen LogP contribution in [0.4, 0.5) is 0 Å². The molecular weight excluding hydrogens is 219 g/mol. The Bertz CT molecular complexity index is 547. The van der Waals surface area contributed by atoms with Crippen LogP contribution in [0.15, 0.2) is 42.2 Å². The maximum absolute atomic E-state index is 10.1. The van der Waals surface area contributed by atoms with Crippen LogP contribution in [0.3, 0.4) is 0 Å². The smallest absolute Gasteiger partial charge is 0.131 e. The quantitative estimate of drug-likeness (QED) is 0.617. The molecule has 0 aliphatic rings. The van der Waals surface area contributed by atoms with E-state index in [1.807, 2.05) is 37.0 Å². The molecule has 2 rings (SSSR count). The van der Waals surface area contributed by atoms with Crippen molar-refractivity contribution in [2.45, 2.75) is 6.92 Å². The van der Waals surface area contributed by atoms with Crippen LogP contribution in [0.5, 0.6) is 11.5 Å². The molecule has 0 bridgehead atoms. The SMILES string of the molecule is CC=CPc1cc(O)c2ccccc2c1O. The molecule has 3 heteroatoms. The van der Waals surface area contributed by atoms with Crippen molar-refractivity contribution in [3.05, 3.63) is 42.2 Å². The van der Waals surface area contributed by atoms with E-state index in [9.17, 15) is 10.2 Å². The zero-order valence-corrected chi connectivity index (χ0v) is 9.94. The van der Waals surface area contributed by atoms with E-state index in [4.69, 9.17) is 0 Å². The molecule has 2 nitrogen and oxygen atoms in total. The third-order valence-corrected chi connectivity index (χ3v) is 3.59. The van der Waals surface area contributed by atoms with E-state index >= 15 is 0 Å². The fourth-order valence-electron chi connectivity index (χ4n) is 1.62. The summed E-state index contributed by atoms with van der Waals surface area (Å²) < 4.78 is 0. The van der Waals surface area contributed by atoms with Crippen molar-refractivity contribution in [2.75, 3.05) is 0 Å². The summed E-state index contributed by atoms with van der Waals surface area (Å²) in [5.41, 5.74) is 0. The molecule has 16 heavy (non-hydrogen) atoms. The van der Waals surface area contributed by atoms with E-state index in [1.165, 1.54) is 0 Å². The molecule has 1 unspecified atom stereocenters. The van der Waals surface area contributed by atoms with Crippen molar-refractivity contribution < 1.29 is 10.2 Å². The molecule has 0 aliphatic heterocycles. The lowest BCUT2D eigenvalue weighted by atomic mass is 10.1. The Balaban J connectivity index is 2.65. The summed E-state index contributed by atoms with van der Waals surface area (Å²) >= 11 is 0. The van der Waals surface area contributed by atoms with Gasteiger partial charge in [0.1, 0.15) is 11.5 Å². The topological polar surface area (TPSA) is 40.5 Å². The van der Waals surface area contributed by atoms with E-state index in [1.54, 1.807) is 12.1 Å². The summed E-state index contributed by atoms with van der Waals surface area (Å²) in [5, 5.41) is 22.1. The van der Waals surface area contributed by atoms with Gasteiger partial charge in [-0.1, -0.05) is 44.7 Å². The molecule has 0 saturated heterocycles. The molecule has 82 valence electrons. The molecule has 0 aliphatic carbocycles. The van der Waals surface area contributed by atoms with Crippen molar-refractivity contribution in [3.63, 3.8) is 0 Å². The maximum Gasteiger partial charge on any atom is 0.131 e. The number of hydrogen-bond donors (Lipinski definition) is 2. The largest absolute Gasteiger partial charge is 0.507 e. The lowest BCUT2D eigenvalue weighted by Gasteiger charge is -2.08. The lowest BCUT2D eigenvalue weighted by Crippen LogP contribution is -1.95. The predicted molar refractivity (Wildman–Crippen MR) is 70.0 cm³/mol. The zero-order chi connectivity index (χ0) is 11.5. The van der Waals surface area contributed by atoms with E-state index in [2.05, 4.69) is 0 Å². The standard InChI is InChI=1S/C13H13O2P/c1-2-7-16-12-8-11(14)9-5-3-4-6-10(9)13(12)15/h2-8,14-16H,1H3. The number of benzene rings is 2. The number of phenols is 2. The van der Waals surface area contributed by atoms with Crippen LogP contribution >= 0.6 is 8.58 Å². The van der Waals surface area contributed by atoms with Crippen molar-refractivity contribution in [3.8, 4) is 11.5 Å². The van der Waals surface area contributed by atoms with Crippen molar-refractivity contribution in [2.24, 2.45) is 0 Å². The van der Waals surface area contributed by atoms with E-state index in [-0.39, 0.29) is 11.5 Å². The molecule has 2 N–H and O–H groups in total. The van der Waals surface area contributed by atoms with Gasteiger partial charge in [0.15, 0.2) is 0 Å². The van der Waals surface area contributed by atoms with E-state index in [0.717, 1.165) is 5.30 Å². The summed E-state index contributed by atoms with van der Waals surface area (Å²) in [5.74, 6) is 2.47. The molecule has 0 amide bonds. The van der Waals surface area contributed by atoms with Crippen LogP contribution in [-0.2, 0) is 0 Å². The highest BCUT2D eigenvalue weighted by Crippen LogP contribution is 2.33. The first-order valence-electron chi connectivity index (χ1n) is 5.05.